The molecule has 4 rings (SSSR count). The van der Waals surface area contributed by atoms with E-state index >= 15 is 0 Å². The van der Waals surface area contributed by atoms with Gasteiger partial charge in [-0.05, 0) is 55.3 Å². The minimum atomic E-state index is -0.373. The van der Waals surface area contributed by atoms with Gasteiger partial charge < -0.3 is 9.64 Å². The quantitative estimate of drug-likeness (QED) is 0.246. The summed E-state index contributed by atoms with van der Waals surface area (Å²) in [5.41, 5.74) is 7.42. The van der Waals surface area contributed by atoms with Crippen molar-refractivity contribution in [1.82, 2.24) is 15.6 Å². The van der Waals surface area contributed by atoms with Gasteiger partial charge in [-0.1, -0.05) is 54.6 Å². The fourth-order valence-corrected chi connectivity index (χ4v) is 3.70. The summed E-state index contributed by atoms with van der Waals surface area (Å²) in [4.78, 5) is 14.8. The highest BCUT2D eigenvalue weighted by atomic mass is 16.5. The molecule has 0 aliphatic carbocycles. The van der Waals surface area contributed by atoms with E-state index in [0.29, 0.717) is 23.7 Å². The lowest BCUT2D eigenvalue weighted by Gasteiger charge is -2.20. The molecule has 178 valence electrons. The van der Waals surface area contributed by atoms with Gasteiger partial charge in [0, 0.05) is 24.3 Å². The van der Waals surface area contributed by atoms with Gasteiger partial charge in [-0.2, -0.15) is 10.2 Å². The Hall–Kier alpha value is -4.39. The van der Waals surface area contributed by atoms with Crippen LogP contribution in [-0.2, 0) is 6.61 Å². The maximum atomic E-state index is 12.6. The molecule has 1 aromatic heterocycles. The molecule has 0 aliphatic heterocycles. The van der Waals surface area contributed by atoms with Crippen LogP contribution in [0.1, 0.15) is 35.5 Å². The zero-order valence-electron chi connectivity index (χ0n) is 19.9. The Morgan fingerprint density at radius 2 is 1.71 bits per heavy atom. The Morgan fingerprint density at radius 1 is 1.00 bits per heavy atom. The molecular weight excluding hydrogens is 438 g/mol. The molecule has 0 saturated carbocycles. The third-order valence-corrected chi connectivity index (χ3v) is 5.62. The van der Waals surface area contributed by atoms with Crippen LogP contribution in [0.2, 0.25) is 0 Å². The molecule has 0 fully saturated rings. The Kier molecular flexibility index (Phi) is 7.91. The number of benzene rings is 3. The summed E-state index contributed by atoms with van der Waals surface area (Å²) < 4.78 is 6.02. The Bertz CT molecular complexity index is 1260. The summed E-state index contributed by atoms with van der Waals surface area (Å²) in [5.74, 6) is 0.323. The minimum Gasteiger partial charge on any atom is -0.488 e. The number of para-hydroxylation sites is 1. The van der Waals surface area contributed by atoms with Gasteiger partial charge in [-0.3, -0.25) is 9.89 Å². The zero-order valence-corrected chi connectivity index (χ0v) is 19.9. The minimum absolute atomic E-state index is 0.312. The van der Waals surface area contributed by atoms with E-state index < -0.39 is 0 Å². The van der Waals surface area contributed by atoms with Crippen LogP contribution in [0.25, 0.3) is 11.3 Å². The van der Waals surface area contributed by atoms with Crippen LogP contribution in [0.15, 0.2) is 90.0 Å². The molecule has 7 nitrogen and oxygen atoms in total. The van der Waals surface area contributed by atoms with Crippen LogP contribution < -0.4 is 15.1 Å². The standard InChI is InChI=1S/C28H29N5O2/c1-3-33(4-2)23-16-14-21(15-17-23)19-29-32-28(34)26-18-25(30-31-26)24-12-8-9-13-27(24)35-20-22-10-6-5-7-11-22/h5-19H,3-4,20H2,1-2H3,(H,30,31)(H,32,34)/b29-19-. The molecule has 0 saturated heterocycles. The number of aromatic nitrogens is 2. The number of aromatic amines is 1. The molecule has 0 bridgehead atoms. The molecular formula is C28H29N5O2. The lowest BCUT2D eigenvalue weighted by molar-refractivity contribution is 0.0950. The summed E-state index contributed by atoms with van der Waals surface area (Å²) in [6, 6.07) is 27.3. The maximum absolute atomic E-state index is 12.6. The zero-order chi connectivity index (χ0) is 24.5. The fraction of sp³-hybridized carbons (Fsp3) is 0.179. The van der Waals surface area contributed by atoms with Gasteiger partial charge in [0.1, 0.15) is 18.1 Å². The van der Waals surface area contributed by atoms with E-state index in [1.54, 1.807) is 12.3 Å². The van der Waals surface area contributed by atoms with Gasteiger partial charge in [0.15, 0.2) is 0 Å². The van der Waals surface area contributed by atoms with Crippen LogP contribution in [0, 0.1) is 0 Å². The summed E-state index contributed by atoms with van der Waals surface area (Å²) in [6.45, 7) is 6.61. The highest BCUT2D eigenvalue weighted by molar-refractivity contribution is 5.94. The number of nitrogens with zero attached hydrogens (tertiary/aromatic N) is 3. The summed E-state index contributed by atoms with van der Waals surface area (Å²) in [7, 11) is 0. The normalized spacial score (nSPS) is 10.9. The molecule has 0 radical (unpaired) electrons. The van der Waals surface area contributed by atoms with E-state index in [0.717, 1.165) is 35.5 Å². The van der Waals surface area contributed by atoms with Crippen molar-refractivity contribution in [3.8, 4) is 17.0 Å². The Balaban J connectivity index is 1.38. The topological polar surface area (TPSA) is 82.6 Å². The number of H-pyrrole nitrogens is 1. The van der Waals surface area contributed by atoms with Crippen LogP contribution in [0.3, 0.4) is 0 Å². The summed E-state index contributed by atoms with van der Waals surface area (Å²) >= 11 is 0. The molecule has 1 heterocycles. The average Bonchev–Trinajstić information content (AvgIpc) is 3.40. The molecule has 0 aliphatic rings. The number of anilines is 1. The smallest absolute Gasteiger partial charge is 0.289 e. The van der Waals surface area contributed by atoms with Gasteiger partial charge in [0.2, 0.25) is 0 Å². The number of hydrogen-bond acceptors (Lipinski definition) is 5. The largest absolute Gasteiger partial charge is 0.488 e. The van der Waals surface area contributed by atoms with Crippen LogP contribution in [-0.4, -0.2) is 35.4 Å². The third kappa shape index (κ3) is 6.14. The van der Waals surface area contributed by atoms with Crippen LogP contribution >= 0.6 is 0 Å². The van der Waals surface area contributed by atoms with Crippen molar-refractivity contribution < 1.29 is 9.53 Å². The van der Waals surface area contributed by atoms with Crippen molar-refractivity contribution in [1.29, 1.82) is 0 Å². The van der Waals surface area contributed by atoms with Crippen LogP contribution in [0.5, 0.6) is 5.75 Å². The first-order valence-corrected chi connectivity index (χ1v) is 11.7. The van der Waals surface area contributed by atoms with E-state index in [2.05, 4.69) is 51.6 Å². The van der Waals surface area contributed by atoms with Crippen molar-refractivity contribution in [2.24, 2.45) is 5.10 Å². The van der Waals surface area contributed by atoms with Gasteiger partial charge >= 0.3 is 0 Å². The van der Waals surface area contributed by atoms with Crippen molar-refractivity contribution in [3.05, 3.63) is 102 Å². The number of hydrazone groups is 1. The molecule has 0 unspecified atom stereocenters. The van der Waals surface area contributed by atoms with Gasteiger partial charge in [0.05, 0.1) is 11.9 Å². The number of carbonyl (C=O) groups is 1. The van der Waals surface area contributed by atoms with E-state index in [-0.39, 0.29) is 5.91 Å². The lowest BCUT2D eigenvalue weighted by Crippen LogP contribution is -2.21. The Labute approximate surface area is 205 Å². The lowest BCUT2D eigenvalue weighted by atomic mass is 10.1. The van der Waals surface area contributed by atoms with E-state index in [1.165, 1.54) is 0 Å². The number of ether oxygens (including phenoxy) is 1. The van der Waals surface area contributed by atoms with Crippen molar-refractivity contribution in [2.75, 3.05) is 18.0 Å². The van der Waals surface area contributed by atoms with Gasteiger partial charge in [-0.15, -0.1) is 0 Å². The van der Waals surface area contributed by atoms with Gasteiger partial charge in [0.25, 0.3) is 5.91 Å². The second kappa shape index (κ2) is 11.7. The number of rotatable bonds is 10. The SMILES string of the molecule is CCN(CC)c1ccc(/C=N\NC(=O)c2cc(-c3ccccc3OCc3ccccc3)n[nH]2)cc1. The highest BCUT2D eigenvalue weighted by Crippen LogP contribution is 2.29. The monoisotopic (exact) mass is 467 g/mol. The molecule has 0 spiro atoms. The molecule has 2 N–H and O–H groups in total. The molecule has 3 aromatic carbocycles. The maximum Gasteiger partial charge on any atom is 0.289 e. The van der Waals surface area contributed by atoms with Crippen LogP contribution in [0.4, 0.5) is 5.69 Å². The number of carbonyl (C=O) groups excluding carboxylic acids is 1. The molecule has 7 heteroatoms. The summed E-state index contributed by atoms with van der Waals surface area (Å²) in [5, 5.41) is 11.2. The predicted molar refractivity (Wildman–Crippen MR) is 140 cm³/mol. The van der Waals surface area contributed by atoms with E-state index in [9.17, 15) is 4.79 Å². The molecule has 35 heavy (non-hydrogen) atoms. The second-order valence-corrected chi connectivity index (χ2v) is 7.90. The van der Waals surface area contributed by atoms with Crippen molar-refractivity contribution in [2.45, 2.75) is 20.5 Å². The van der Waals surface area contributed by atoms with Crippen molar-refractivity contribution >= 4 is 17.8 Å². The number of hydrogen-bond donors (Lipinski definition) is 2. The predicted octanol–water partition coefficient (Wildman–Crippen LogP) is 5.27. The average molecular weight is 468 g/mol. The van der Waals surface area contributed by atoms with Crippen molar-refractivity contribution in [3.63, 3.8) is 0 Å². The molecule has 4 aromatic rings. The third-order valence-electron chi connectivity index (χ3n) is 5.62. The fourth-order valence-electron chi connectivity index (χ4n) is 3.70. The molecule has 0 atom stereocenters. The second-order valence-electron chi connectivity index (χ2n) is 7.90. The first-order chi connectivity index (χ1) is 17.2. The van der Waals surface area contributed by atoms with Gasteiger partial charge in [-0.25, -0.2) is 5.43 Å². The first-order valence-electron chi connectivity index (χ1n) is 11.7. The number of amides is 1. The van der Waals surface area contributed by atoms with E-state index in [4.69, 9.17) is 4.74 Å². The Morgan fingerprint density at radius 3 is 2.46 bits per heavy atom. The molecule has 1 amide bonds. The van der Waals surface area contributed by atoms with E-state index in [1.807, 2.05) is 66.7 Å². The first kappa shape index (κ1) is 23.8. The highest BCUT2D eigenvalue weighted by Gasteiger charge is 2.14. The number of nitrogens with one attached hydrogen (secondary N) is 2. The summed E-state index contributed by atoms with van der Waals surface area (Å²) in [6.07, 6.45) is 1.62.